The normalized spacial score (nSPS) is 23.1. The van der Waals surface area contributed by atoms with Gasteiger partial charge in [0.15, 0.2) is 0 Å². The molecule has 0 amide bonds. The van der Waals surface area contributed by atoms with Crippen LogP contribution in [-0.4, -0.2) is 28.8 Å². The summed E-state index contributed by atoms with van der Waals surface area (Å²) in [6, 6.07) is 1.73. The highest BCUT2D eigenvalue weighted by Crippen LogP contribution is 2.41. The number of pyridine rings is 1. The van der Waals surface area contributed by atoms with Crippen molar-refractivity contribution in [2.75, 3.05) is 6.61 Å². The first-order valence-electron chi connectivity index (χ1n) is 7.03. The third-order valence-electron chi connectivity index (χ3n) is 4.05. The molecule has 0 spiro atoms. The maximum Gasteiger partial charge on any atom is 0.144 e. The number of Topliss-reactive ketones (excluding diaryl/α,β-unsaturated/α-hetero) is 1. The van der Waals surface area contributed by atoms with Crippen molar-refractivity contribution in [2.45, 2.75) is 51.6 Å². The van der Waals surface area contributed by atoms with Crippen LogP contribution in [0.3, 0.4) is 0 Å². The molecule has 0 radical (unpaired) electrons. The van der Waals surface area contributed by atoms with E-state index >= 15 is 0 Å². The summed E-state index contributed by atoms with van der Waals surface area (Å²) in [6.45, 7) is 7.01. The topological polar surface area (TPSA) is 76.5 Å². The first kappa shape index (κ1) is 15.6. The summed E-state index contributed by atoms with van der Waals surface area (Å²) in [5, 5.41) is 10.6. The van der Waals surface area contributed by atoms with Gasteiger partial charge in [0.25, 0.3) is 0 Å². The van der Waals surface area contributed by atoms with E-state index in [1.807, 2.05) is 0 Å². The predicted molar refractivity (Wildman–Crippen MR) is 77.4 cm³/mol. The quantitative estimate of drug-likeness (QED) is 0.837. The number of nitrogens with zero attached hydrogens (tertiary/aromatic N) is 1. The highest BCUT2D eigenvalue weighted by atomic mass is 16.5. The molecule has 114 valence electrons. The minimum absolute atomic E-state index is 0.0224. The van der Waals surface area contributed by atoms with Gasteiger partial charge in [0.2, 0.25) is 0 Å². The van der Waals surface area contributed by atoms with E-state index in [1.54, 1.807) is 26.8 Å². The van der Waals surface area contributed by atoms with Crippen molar-refractivity contribution < 1.29 is 19.4 Å². The number of hydrogen-bond donors (Lipinski definition) is 1. The Morgan fingerprint density at radius 2 is 2.29 bits per heavy atom. The summed E-state index contributed by atoms with van der Waals surface area (Å²) in [7, 11) is 0. The number of aldehydes is 1. The first-order chi connectivity index (χ1) is 9.69. The summed E-state index contributed by atoms with van der Waals surface area (Å²) >= 11 is 0. The molecule has 2 heterocycles. The number of carbonyl (C=O) groups excluding carboxylic acids is 2. The number of aryl methyl sites for hydroxylation is 1. The molecule has 5 nitrogen and oxygen atoms in total. The maximum atomic E-state index is 11.4. The van der Waals surface area contributed by atoms with Crippen molar-refractivity contribution in [3.8, 4) is 5.75 Å². The zero-order valence-electron chi connectivity index (χ0n) is 12.9. The number of ketones is 1. The Bertz CT molecular complexity index is 594. The average molecular weight is 291 g/mol. The Morgan fingerprint density at radius 3 is 2.86 bits per heavy atom. The summed E-state index contributed by atoms with van der Waals surface area (Å²) < 4.78 is 5.57. The Balaban J connectivity index is 2.44. The number of aliphatic hydroxyl groups is 1. The highest BCUT2D eigenvalue weighted by Gasteiger charge is 2.39. The highest BCUT2D eigenvalue weighted by molar-refractivity contribution is 5.75. The van der Waals surface area contributed by atoms with E-state index in [9.17, 15) is 14.7 Å². The van der Waals surface area contributed by atoms with Crippen LogP contribution in [0.2, 0.25) is 0 Å². The van der Waals surface area contributed by atoms with E-state index in [1.165, 1.54) is 6.92 Å². The molecule has 1 aromatic heterocycles. The molecular formula is C16H21NO4. The molecule has 1 aromatic rings. The van der Waals surface area contributed by atoms with Crippen molar-refractivity contribution in [3.05, 3.63) is 23.0 Å². The Kier molecular flexibility index (Phi) is 3.89. The molecule has 1 unspecified atom stereocenters. The van der Waals surface area contributed by atoms with E-state index in [-0.39, 0.29) is 18.8 Å². The molecule has 2 rings (SSSR count). The van der Waals surface area contributed by atoms with Crippen LogP contribution in [0, 0.1) is 6.92 Å². The third-order valence-corrected chi connectivity index (χ3v) is 4.05. The fourth-order valence-electron chi connectivity index (χ4n) is 2.49. The number of rotatable bonds is 5. The minimum Gasteiger partial charge on any atom is -0.490 e. The number of carbonyl (C=O) groups is 2. The van der Waals surface area contributed by atoms with Crippen molar-refractivity contribution in [2.24, 2.45) is 0 Å². The van der Waals surface area contributed by atoms with Gasteiger partial charge in [-0.05, 0) is 40.2 Å². The molecule has 0 aromatic carbocycles. The van der Waals surface area contributed by atoms with E-state index in [0.717, 1.165) is 11.8 Å². The van der Waals surface area contributed by atoms with Gasteiger partial charge in [-0.3, -0.25) is 4.98 Å². The largest absolute Gasteiger partial charge is 0.490 e. The second-order valence-electron chi connectivity index (χ2n) is 6.27. The van der Waals surface area contributed by atoms with Gasteiger partial charge in [0.05, 0.1) is 16.8 Å². The molecule has 1 aliphatic heterocycles. The van der Waals surface area contributed by atoms with Gasteiger partial charge in [0, 0.05) is 12.0 Å². The van der Waals surface area contributed by atoms with Gasteiger partial charge < -0.3 is 19.4 Å². The smallest absolute Gasteiger partial charge is 0.144 e. The van der Waals surface area contributed by atoms with Gasteiger partial charge in [-0.25, -0.2) is 0 Å². The summed E-state index contributed by atoms with van der Waals surface area (Å²) in [6.07, 6.45) is 1.45. The Hall–Kier alpha value is -1.75. The molecule has 0 fully saturated rings. The molecule has 0 aliphatic carbocycles. The predicted octanol–water partition coefficient (Wildman–Crippen LogP) is 1.82. The molecule has 1 N–H and O–H groups in total. The van der Waals surface area contributed by atoms with E-state index in [4.69, 9.17) is 4.74 Å². The summed E-state index contributed by atoms with van der Waals surface area (Å²) in [5.41, 5.74) is -0.0513. The SMILES string of the molecule is CC(=O)CCC(C)(O)c1cc2c(c(C)n1)OC[C@]2(C)C=O. The van der Waals surface area contributed by atoms with Crippen LogP contribution in [0.25, 0.3) is 0 Å². The second kappa shape index (κ2) is 5.22. The molecule has 0 saturated carbocycles. The van der Waals surface area contributed by atoms with Crippen molar-refractivity contribution in [1.29, 1.82) is 0 Å². The van der Waals surface area contributed by atoms with Gasteiger partial charge in [-0.15, -0.1) is 0 Å². The molecule has 5 heteroatoms. The molecule has 0 saturated heterocycles. The average Bonchev–Trinajstić information content (AvgIpc) is 2.76. The fourth-order valence-corrected chi connectivity index (χ4v) is 2.49. The number of fused-ring (bicyclic) bond motifs is 1. The van der Waals surface area contributed by atoms with Crippen LogP contribution in [0.4, 0.5) is 0 Å². The van der Waals surface area contributed by atoms with E-state index < -0.39 is 11.0 Å². The first-order valence-corrected chi connectivity index (χ1v) is 7.03. The summed E-state index contributed by atoms with van der Waals surface area (Å²) in [4.78, 5) is 26.9. The molecule has 1 aliphatic rings. The van der Waals surface area contributed by atoms with E-state index in [2.05, 4.69) is 4.98 Å². The summed E-state index contributed by atoms with van der Waals surface area (Å²) in [5.74, 6) is 0.643. The van der Waals surface area contributed by atoms with E-state index in [0.29, 0.717) is 23.6 Å². The van der Waals surface area contributed by atoms with Gasteiger partial charge >= 0.3 is 0 Å². The Labute approximate surface area is 124 Å². The van der Waals surface area contributed by atoms with Crippen LogP contribution < -0.4 is 4.74 Å². The Morgan fingerprint density at radius 1 is 1.62 bits per heavy atom. The lowest BCUT2D eigenvalue weighted by Gasteiger charge is -2.24. The zero-order chi connectivity index (χ0) is 15.8. The number of ether oxygens (including phenoxy) is 1. The van der Waals surface area contributed by atoms with Crippen LogP contribution in [0.15, 0.2) is 6.07 Å². The number of aromatic nitrogens is 1. The standard InChI is InChI=1S/C16H21NO4/c1-10(19)5-6-16(4,20)13-7-12-14(11(2)17-13)21-9-15(12,3)8-18/h7-8,20H,5-6,9H2,1-4H3/t15-,16?/m0/s1. The minimum atomic E-state index is -1.21. The van der Waals surface area contributed by atoms with Crippen molar-refractivity contribution in [1.82, 2.24) is 4.98 Å². The zero-order valence-corrected chi connectivity index (χ0v) is 12.9. The number of hydrogen-bond acceptors (Lipinski definition) is 5. The van der Waals surface area contributed by atoms with Crippen molar-refractivity contribution in [3.63, 3.8) is 0 Å². The second-order valence-corrected chi connectivity index (χ2v) is 6.27. The molecule has 2 atom stereocenters. The molecule has 0 bridgehead atoms. The van der Waals surface area contributed by atoms with Crippen molar-refractivity contribution >= 4 is 12.1 Å². The lowest BCUT2D eigenvalue weighted by atomic mass is 9.84. The lowest BCUT2D eigenvalue weighted by Crippen LogP contribution is -2.27. The molecular weight excluding hydrogens is 270 g/mol. The van der Waals surface area contributed by atoms with Crippen LogP contribution >= 0.6 is 0 Å². The van der Waals surface area contributed by atoms with Crippen LogP contribution in [-0.2, 0) is 20.6 Å². The van der Waals surface area contributed by atoms with Crippen LogP contribution in [0.5, 0.6) is 5.75 Å². The monoisotopic (exact) mass is 291 g/mol. The lowest BCUT2D eigenvalue weighted by molar-refractivity contribution is -0.118. The third kappa shape index (κ3) is 2.83. The van der Waals surface area contributed by atoms with Gasteiger partial charge in [-0.1, -0.05) is 0 Å². The van der Waals surface area contributed by atoms with Gasteiger partial charge in [-0.2, -0.15) is 0 Å². The maximum absolute atomic E-state index is 11.4. The van der Waals surface area contributed by atoms with Crippen LogP contribution in [0.1, 0.15) is 50.6 Å². The fraction of sp³-hybridized carbons (Fsp3) is 0.562. The molecule has 21 heavy (non-hydrogen) atoms. The van der Waals surface area contributed by atoms with Gasteiger partial charge in [0.1, 0.15) is 30.0 Å².